The van der Waals surface area contributed by atoms with E-state index in [1.165, 1.54) is 23.9 Å². The first-order chi connectivity index (χ1) is 14.0. The zero-order valence-electron chi connectivity index (χ0n) is 15.5. The van der Waals surface area contributed by atoms with Crippen LogP contribution in [0.15, 0.2) is 62.6 Å². The van der Waals surface area contributed by atoms with Crippen LogP contribution in [-0.2, 0) is 0 Å². The highest BCUT2D eigenvalue weighted by Gasteiger charge is 2.20. The van der Waals surface area contributed by atoms with Gasteiger partial charge in [-0.25, -0.2) is 0 Å². The second kappa shape index (κ2) is 7.84. The summed E-state index contributed by atoms with van der Waals surface area (Å²) < 4.78 is 11.4. The van der Waals surface area contributed by atoms with Crippen LogP contribution < -0.4 is 0 Å². The Morgan fingerprint density at radius 2 is 1.69 bits per heavy atom. The number of aryl methyl sites for hydroxylation is 1. The third kappa shape index (κ3) is 4.16. The minimum absolute atomic E-state index is 0.0437. The fourth-order valence-corrected chi connectivity index (χ4v) is 3.25. The van der Waals surface area contributed by atoms with Crippen molar-refractivity contribution in [3.63, 3.8) is 0 Å². The minimum atomic E-state index is -0.473. The van der Waals surface area contributed by atoms with Gasteiger partial charge in [0, 0.05) is 23.3 Å². The number of non-ortho nitro benzene ring substituents is 1. The van der Waals surface area contributed by atoms with E-state index in [0.717, 1.165) is 11.1 Å². The van der Waals surface area contributed by atoms with E-state index >= 15 is 0 Å². The number of hydrogen-bond donors (Lipinski definition) is 0. The van der Waals surface area contributed by atoms with E-state index in [0.29, 0.717) is 22.6 Å². The molecule has 9 nitrogen and oxygen atoms in total. The second-order valence-electron chi connectivity index (χ2n) is 6.25. The summed E-state index contributed by atoms with van der Waals surface area (Å²) in [6.45, 7) is 3.89. The van der Waals surface area contributed by atoms with Crippen molar-refractivity contribution in [2.45, 2.75) is 24.3 Å². The summed E-state index contributed by atoms with van der Waals surface area (Å²) in [7, 11) is 0. The third-order valence-electron chi connectivity index (χ3n) is 4.07. The van der Waals surface area contributed by atoms with Crippen molar-refractivity contribution in [2.24, 2.45) is 0 Å². The maximum Gasteiger partial charge on any atom is 0.277 e. The molecule has 0 bridgehead atoms. The van der Waals surface area contributed by atoms with Crippen LogP contribution in [0.2, 0.25) is 0 Å². The van der Waals surface area contributed by atoms with E-state index in [4.69, 9.17) is 8.83 Å². The van der Waals surface area contributed by atoms with Crippen molar-refractivity contribution in [3.05, 3.63) is 70.1 Å². The number of thioether (sulfide) groups is 1. The molecule has 2 aromatic carbocycles. The van der Waals surface area contributed by atoms with Gasteiger partial charge in [-0.15, -0.1) is 20.4 Å². The molecule has 4 rings (SSSR count). The lowest BCUT2D eigenvalue weighted by Crippen LogP contribution is -1.88. The minimum Gasteiger partial charge on any atom is -0.419 e. The molecule has 2 heterocycles. The Hall–Kier alpha value is -3.53. The summed E-state index contributed by atoms with van der Waals surface area (Å²) in [6.07, 6.45) is 0. The lowest BCUT2D eigenvalue weighted by atomic mass is 10.1. The van der Waals surface area contributed by atoms with Crippen LogP contribution in [0.5, 0.6) is 0 Å². The molecule has 0 amide bonds. The van der Waals surface area contributed by atoms with Crippen LogP contribution in [0.4, 0.5) is 5.69 Å². The van der Waals surface area contributed by atoms with Gasteiger partial charge in [0.25, 0.3) is 10.9 Å². The van der Waals surface area contributed by atoms with E-state index in [-0.39, 0.29) is 16.8 Å². The molecule has 2 aromatic heterocycles. The molecule has 0 radical (unpaired) electrons. The van der Waals surface area contributed by atoms with Gasteiger partial charge in [-0.1, -0.05) is 35.5 Å². The summed E-state index contributed by atoms with van der Waals surface area (Å²) in [6, 6.07) is 13.8. The van der Waals surface area contributed by atoms with Crippen molar-refractivity contribution in [2.75, 3.05) is 0 Å². The Kier molecular flexibility index (Phi) is 5.09. The average Bonchev–Trinajstić information content (AvgIpc) is 3.38. The lowest BCUT2D eigenvalue weighted by Gasteiger charge is -2.02. The summed E-state index contributed by atoms with van der Waals surface area (Å²) in [5, 5.41) is 27.2. The van der Waals surface area contributed by atoms with Gasteiger partial charge in [0.15, 0.2) is 0 Å². The van der Waals surface area contributed by atoms with Gasteiger partial charge in [0.2, 0.25) is 17.7 Å². The first-order valence-corrected chi connectivity index (χ1v) is 9.53. The number of aromatic nitrogens is 4. The van der Waals surface area contributed by atoms with Crippen LogP contribution in [0.25, 0.3) is 22.9 Å². The standard InChI is InChI=1S/C19H15N5O4S/c1-11-6-8-13(9-7-11)17-21-20-16(27-17)12(2)29-19-23-22-18(28-19)14-4-3-5-15(10-14)24(25)26/h3-10,12H,1-2H3/t12-/m1/s1. The van der Waals surface area contributed by atoms with Crippen molar-refractivity contribution in [3.8, 4) is 22.9 Å². The molecule has 0 aliphatic rings. The van der Waals surface area contributed by atoms with Gasteiger partial charge in [0.05, 0.1) is 10.2 Å². The summed E-state index contributed by atoms with van der Waals surface area (Å²) in [5.74, 6) is 1.07. The fourth-order valence-electron chi connectivity index (χ4n) is 2.54. The van der Waals surface area contributed by atoms with Crippen LogP contribution in [0.3, 0.4) is 0 Å². The molecule has 0 fully saturated rings. The molecule has 0 spiro atoms. The Morgan fingerprint density at radius 1 is 0.966 bits per heavy atom. The van der Waals surface area contributed by atoms with E-state index in [9.17, 15) is 10.1 Å². The highest BCUT2D eigenvalue weighted by molar-refractivity contribution is 7.99. The Bertz CT molecular complexity index is 1160. The Morgan fingerprint density at radius 3 is 2.45 bits per heavy atom. The molecule has 4 aromatic rings. The number of nitro groups is 1. The molecule has 29 heavy (non-hydrogen) atoms. The largest absolute Gasteiger partial charge is 0.419 e. The topological polar surface area (TPSA) is 121 Å². The molecule has 146 valence electrons. The number of rotatable bonds is 6. The highest BCUT2D eigenvalue weighted by atomic mass is 32.2. The van der Waals surface area contributed by atoms with Crippen molar-refractivity contribution in [1.29, 1.82) is 0 Å². The second-order valence-corrected chi connectivity index (χ2v) is 7.54. The molecule has 0 aliphatic carbocycles. The quantitative estimate of drug-likeness (QED) is 0.250. The molecular formula is C19H15N5O4S. The van der Waals surface area contributed by atoms with Gasteiger partial charge >= 0.3 is 0 Å². The molecule has 1 atom stereocenters. The van der Waals surface area contributed by atoms with Gasteiger partial charge in [-0.3, -0.25) is 10.1 Å². The van der Waals surface area contributed by atoms with Crippen LogP contribution >= 0.6 is 11.8 Å². The van der Waals surface area contributed by atoms with Gasteiger partial charge in [-0.05, 0) is 32.0 Å². The smallest absolute Gasteiger partial charge is 0.277 e. The maximum absolute atomic E-state index is 10.9. The molecule has 0 N–H and O–H groups in total. The van der Waals surface area contributed by atoms with Crippen LogP contribution in [-0.4, -0.2) is 25.3 Å². The number of nitrogens with zero attached hydrogens (tertiary/aromatic N) is 5. The first-order valence-electron chi connectivity index (χ1n) is 8.65. The normalized spacial score (nSPS) is 12.1. The Balaban J connectivity index is 1.48. The number of hydrogen-bond acceptors (Lipinski definition) is 9. The predicted molar refractivity (Wildman–Crippen MR) is 105 cm³/mol. The van der Waals surface area contributed by atoms with E-state index in [1.54, 1.807) is 12.1 Å². The van der Waals surface area contributed by atoms with Crippen molar-refractivity contribution < 1.29 is 13.8 Å². The van der Waals surface area contributed by atoms with Gasteiger partial charge < -0.3 is 8.83 Å². The summed E-state index contributed by atoms with van der Waals surface area (Å²) >= 11 is 1.26. The lowest BCUT2D eigenvalue weighted by molar-refractivity contribution is -0.384. The Labute approximate surface area is 169 Å². The van der Waals surface area contributed by atoms with E-state index in [1.807, 2.05) is 38.1 Å². The summed E-state index contributed by atoms with van der Waals surface area (Å²) in [4.78, 5) is 10.5. The zero-order chi connectivity index (χ0) is 20.4. The highest BCUT2D eigenvalue weighted by Crippen LogP contribution is 2.35. The maximum atomic E-state index is 10.9. The van der Waals surface area contributed by atoms with E-state index in [2.05, 4.69) is 20.4 Å². The van der Waals surface area contributed by atoms with Crippen molar-refractivity contribution >= 4 is 17.4 Å². The number of nitro benzene ring substituents is 1. The van der Waals surface area contributed by atoms with Gasteiger partial charge in [-0.2, -0.15) is 0 Å². The summed E-state index contributed by atoms with van der Waals surface area (Å²) in [5.41, 5.74) is 2.43. The molecule has 0 saturated heterocycles. The van der Waals surface area contributed by atoms with Crippen LogP contribution in [0.1, 0.15) is 23.6 Å². The SMILES string of the molecule is Cc1ccc(-c2nnc([C@@H](C)Sc3nnc(-c4cccc([N+](=O)[O-])c4)o3)o2)cc1. The van der Waals surface area contributed by atoms with Gasteiger partial charge in [0.1, 0.15) is 0 Å². The predicted octanol–water partition coefficient (Wildman–Crippen LogP) is 4.86. The van der Waals surface area contributed by atoms with Crippen molar-refractivity contribution in [1.82, 2.24) is 20.4 Å². The van der Waals surface area contributed by atoms with Crippen LogP contribution in [0, 0.1) is 17.0 Å². The molecule has 0 unspecified atom stereocenters. The van der Waals surface area contributed by atoms with E-state index < -0.39 is 4.92 Å². The molecule has 0 aliphatic heterocycles. The molecular weight excluding hydrogens is 394 g/mol. The zero-order valence-corrected chi connectivity index (χ0v) is 16.3. The molecule has 10 heteroatoms. The first kappa shape index (κ1) is 18.8. The fraction of sp³-hybridized carbons (Fsp3) is 0.158. The average molecular weight is 409 g/mol. The molecule has 0 saturated carbocycles. The number of benzene rings is 2. The third-order valence-corrected chi connectivity index (χ3v) is 5.00. The monoisotopic (exact) mass is 409 g/mol.